The Morgan fingerprint density at radius 1 is 0.889 bits per heavy atom. The molecule has 0 saturated carbocycles. The Labute approximate surface area is 61.6 Å². The maximum Gasteiger partial charge on any atom is -0.0242 e. The van der Waals surface area contributed by atoms with Crippen LogP contribution in [0.2, 0.25) is 0 Å². The molecule has 0 aliphatic carbocycles. The van der Waals surface area contributed by atoms with E-state index in [9.17, 15) is 0 Å². The fourth-order valence-corrected chi connectivity index (χ4v) is 1.12. The molecule has 9 heavy (non-hydrogen) atoms. The normalized spacial score (nSPS) is 10.0. The van der Waals surface area contributed by atoms with Gasteiger partial charge in [0.15, 0.2) is 0 Å². The van der Waals surface area contributed by atoms with E-state index >= 15 is 0 Å². The molecule has 0 aromatic rings. The van der Waals surface area contributed by atoms with Gasteiger partial charge in [0, 0.05) is 0 Å². The molecular weight excluding hydrogens is 127 g/mol. The van der Waals surface area contributed by atoms with Crippen LogP contribution < -0.4 is 0 Å². The molecule has 0 rings (SSSR count). The van der Waals surface area contributed by atoms with E-state index < -0.39 is 0 Å². The van der Waals surface area contributed by atoms with Crippen LogP contribution in [0.5, 0.6) is 0 Å². The quantitative estimate of drug-likeness (QED) is 0.393. The van der Waals surface area contributed by atoms with Gasteiger partial charge in [-0.1, -0.05) is 39.0 Å². The Morgan fingerprint density at radius 2 is 1.44 bits per heavy atom. The van der Waals surface area contributed by atoms with Crippen LogP contribution in [0.25, 0.3) is 0 Å². The third-order valence-corrected chi connectivity index (χ3v) is 1.83. The predicted molar refractivity (Wildman–Crippen MR) is 45.2 cm³/mol. The highest BCUT2D eigenvalue weighted by atomic mass is 31.0. The average molecular weight is 144 g/mol. The van der Waals surface area contributed by atoms with E-state index in [0.29, 0.717) is 0 Å². The van der Waals surface area contributed by atoms with Crippen LogP contribution in [0.1, 0.15) is 45.4 Å². The first-order chi connectivity index (χ1) is 4.41. The van der Waals surface area contributed by atoms with Crippen molar-refractivity contribution in [3.63, 3.8) is 0 Å². The third kappa shape index (κ3) is 8.43. The van der Waals surface area contributed by atoms with Crippen molar-refractivity contribution in [1.82, 2.24) is 0 Å². The standard InChI is InChI=1S/C8H17P/c1-2-3-4-5-6-7-8-9/h2-8H2,1H3. The summed E-state index contributed by atoms with van der Waals surface area (Å²) in [5, 5.41) is 0. The fourth-order valence-electron chi connectivity index (χ4n) is 0.892. The first-order valence-corrected chi connectivity index (χ1v) is 4.66. The SMILES string of the molecule is CCCCCCCC[P]. The molecule has 0 N–H and O–H groups in total. The Kier molecular flexibility index (Phi) is 8.83. The van der Waals surface area contributed by atoms with Gasteiger partial charge in [0.05, 0.1) is 0 Å². The summed E-state index contributed by atoms with van der Waals surface area (Å²) < 4.78 is 0. The summed E-state index contributed by atoms with van der Waals surface area (Å²) in [4.78, 5) is 0. The Bertz CT molecular complexity index is 37.8. The summed E-state index contributed by atoms with van der Waals surface area (Å²) in [6, 6.07) is 0. The molecule has 1 heteroatoms. The third-order valence-electron chi connectivity index (χ3n) is 1.51. The molecular formula is C8H17P. The second kappa shape index (κ2) is 8.43. The molecule has 0 fully saturated rings. The lowest BCUT2D eigenvalue weighted by atomic mass is 10.1. The number of hydrogen-bond donors (Lipinski definition) is 0. The first kappa shape index (κ1) is 9.43. The van der Waals surface area contributed by atoms with Crippen LogP contribution in [0, 0.1) is 0 Å². The van der Waals surface area contributed by atoms with Gasteiger partial charge < -0.3 is 0 Å². The zero-order chi connectivity index (χ0) is 6.95. The smallest absolute Gasteiger partial charge is 0.0242 e. The first-order valence-electron chi connectivity index (χ1n) is 4.02. The molecule has 0 unspecified atom stereocenters. The van der Waals surface area contributed by atoms with Crippen LogP contribution in [0.15, 0.2) is 0 Å². The van der Waals surface area contributed by atoms with Gasteiger partial charge in [-0.3, -0.25) is 0 Å². The second-order valence-electron chi connectivity index (χ2n) is 2.49. The Morgan fingerprint density at radius 3 is 2.00 bits per heavy atom. The maximum atomic E-state index is 4.15. The molecule has 0 aliphatic heterocycles. The maximum absolute atomic E-state index is 4.15. The van der Waals surface area contributed by atoms with Crippen molar-refractivity contribution in [3.05, 3.63) is 0 Å². The zero-order valence-corrected chi connectivity index (χ0v) is 7.29. The van der Waals surface area contributed by atoms with Gasteiger partial charge in [-0.25, -0.2) is 0 Å². The Hall–Kier alpha value is 0.430. The molecule has 0 heterocycles. The van der Waals surface area contributed by atoms with Crippen LogP contribution in [0.3, 0.4) is 0 Å². The van der Waals surface area contributed by atoms with E-state index in [2.05, 4.69) is 16.2 Å². The van der Waals surface area contributed by atoms with E-state index in [0.717, 1.165) is 6.16 Å². The summed E-state index contributed by atoms with van der Waals surface area (Å²) in [6.07, 6.45) is 9.33. The summed E-state index contributed by atoms with van der Waals surface area (Å²) in [6.45, 7) is 2.25. The molecule has 2 radical (unpaired) electrons. The van der Waals surface area contributed by atoms with E-state index in [1.165, 1.54) is 38.5 Å². The van der Waals surface area contributed by atoms with E-state index in [1.807, 2.05) is 0 Å². The van der Waals surface area contributed by atoms with Gasteiger partial charge >= 0.3 is 0 Å². The number of rotatable bonds is 6. The van der Waals surface area contributed by atoms with Crippen molar-refractivity contribution in [3.8, 4) is 0 Å². The highest BCUT2D eigenvalue weighted by molar-refractivity contribution is 7.16. The average Bonchev–Trinajstić information content (AvgIpc) is 1.89. The summed E-state index contributed by atoms with van der Waals surface area (Å²) in [7, 11) is 4.15. The van der Waals surface area contributed by atoms with E-state index in [-0.39, 0.29) is 0 Å². The van der Waals surface area contributed by atoms with Gasteiger partial charge in [-0.15, -0.1) is 0 Å². The number of unbranched alkanes of at least 4 members (excludes halogenated alkanes) is 5. The molecule has 0 spiro atoms. The fraction of sp³-hybridized carbons (Fsp3) is 1.00. The van der Waals surface area contributed by atoms with Crippen molar-refractivity contribution < 1.29 is 0 Å². The topological polar surface area (TPSA) is 0 Å². The zero-order valence-electron chi connectivity index (χ0n) is 6.40. The van der Waals surface area contributed by atoms with Gasteiger partial charge in [-0.05, 0) is 21.8 Å². The molecule has 0 nitrogen and oxygen atoms in total. The van der Waals surface area contributed by atoms with Crippen LogP contribution in [-0.4, -0.2) is 6.16 Å². The highest BCUT2D eigenvalue weighted by Crippen LogP contribution is 2.05. The van der Waals surface area contributed by atoms with Crippen LogP contribution in [0.4, 0.5) is 0 Å². The van der Waals surface area contributed by atoms with Gasteiger partial charge in [0.25, 0.3) is 0 Å². The summed E-state index contributed by atoms with van der Waals surface area (Å²) >= 11 is 0. The number of hydrogen-bond acceptors (Lipinski definition) is 0. The van der Waals surface area contributed by atoms with E-state index in [1.54, 1.807) is 0 Å². The minimum atomic E-state index is 1.06. The van der Waals surface area contributed by atoms with Gasteiger partial charge in [-0.2, -0.15) is 0 Å². The highest BCUT2D eigenvalue weighted by Gasteiger charge is 1.86. The Balaban J connectivity index is 2.60. The van der Waals surface area contributed by atoms with Crippen molar-refractivity contribution in [2.24, 2.45) is 0 Å². The molecule has 0 aromatic carbocycles. The largest absolute Gasteiger partial charge is 0.0654 e. The summed E-state index contributed by atoms with van der Waals surface area (Å²) in [5.41, 5.74) is 0. The molecule has 54 valence electrons. The van der Waals surface area contributed by atoms with Crippen molar-refractivity contribution >= 4 is 9.24 Å². The van der Waals surface area contributed by atoms with Crippen molar-refractivity contribution in [2.45, 2.75) is 45.4 Å². The molecule has 0 aliphatic rings. The lowest BCUT2D eigenvalue weighted by Crippen LogP contribution is -1.78. The molecule has 0 saturated heterocycles. The molecule has 0 amide bonds. The monoisotopic (exact) mass is 144 g/mol. The van der Waals surface area contributed by atoms with Crippen LogP contribution >= 0.6 is 9.24 Å². The lowest BCUT2D eigenvalue weighted by molar-refractivity contribution is 0.627. The van der Waals surface area contributed by atoms with Gasteiger partial charge in [0.2, 0.25) is 0 Å². The van der Waals surface area contributed by atoms with Crippen LogP contribution in [-0.2, 0) is 0 Å². The lowest BCUT2D eigenvalue weighted by Gasteiger charge is -1.95. The molecule has 0 bridgehead atoms. The molecule has 0 atom stereocenters. The van der Waals surface area contributed by atoms with Crippen molar-refractivity contribution in [1.29, 1.82) is 0 Å². The van der Waals surface area contributed by atoms with Gasteiger partial charge in [0.1, 0.15) is 0 Å². The predicted octanol–water partition coefficient (Wildman–Crippen LogP) is 3.76. The second-order valence-corrected chi connectivity index (χ2v) is 2.94. The van der Waals surface area contributed by atoms with E-state index in [4.69, 9.17) is 0 Å². The minimum absolute atomic E-state index is 1.06. The minimum Gasteiger partial charge on any atom is -0.0654 e. The molecule has 0 aromatic heterocycles. The summed E-state index contributed by atoms with van der Waals surface area (Å²) in [5.74, 6) is 0. The van der Waals surface area contributed by atoms with Crippen molar-refractivity contribution in [2.75, 3.05) is 6.16 Å².